The SMILES string of the molecule is CC(C)(C)OC(=O)C1[C@@H]2CC[C@@H](C2)[C@H]1C(=O)C[C@H](C#N)Cc1ccc(-c2ccc3c(c2)CC(=O)O3)cc1F. The predicted molar refractivity (Wildman–Crippen MR) is 137 cm³/mol. The van der Waals surface area contributed by atoms with Crippen molar-refractivity contribution < 1.29 is 28.2 Å². The first kappa shape index (κ1) is 26.1. The van der Waals surface area contributed by atoms with E-state index in [9.17, 15) is 19.6 Å². The van der Waals surface area contributed by atoms with Crippen LogP contribution < -0.4 is 4.74 Å². The summed E-state index contributed by atoms with van der Waals surface area (Å²) in [4.78, 5) is 37.9. The molecule has 5 atom stereocenters. The second kappa shape index (κ2) is 9.98. The molecule has 2 bridgehead atoms. The molecule has 3 aliphatic rings. The lowest BCUT2D eigenvalue weighted by atomic mass is 9.74. The molecule has 0 amide bonds. The molecule has 2 aromatic carbocycles. The molecular formula is C31H32FNO5. The van der Waals surface area contributed by atoms with Crippen molar-refractivity contribution in [2.24, 2.45) is 29.6 Å². The van der Waals surface area contributed by atoms with Crippen molar-refractivity contribution in [3.8, 4) is 22.9 Å². The summed E-state index contributed by atoms with van der Waals surface area (Å²) >= 11 is 0. The Kier molecular flexibility index (Phi) is 6.85. The Hall–Kier alpha value is -3.53. The van der Waals surface area contributed by atoms with Crippen LogP contribution in [0, 0.1) is 46.7 Å². The van der Waals surface area contributed by atoms with Gasteiger partial charge in [-0.25, -0.2) is 4.39 Å². The molecular weight excluding hydrogens is 485 g/mol. The smallest absolute Gasteiger partial charge is 0.315 e. The summed E-state index contributed by atoms with van der Waals surface area (Å²) in [5.74, 6) is -1.91. The van der Waals surface area contributed by atoms with E-state index in [2.05, 4.69) is 6.07 Å². The van der Waals surface area contributed by atoms with E-state index >= 15 is 4.39 Å². The fourth-order valence-electron chi connectivity index (χ4n) is 6.47. The van der Waals surface area contributed by atoms with Gasteiger partial charge in [0.25, 0.3) is 0 Å². The third-order valence-electron chi connectivity index (χ3n) is 8.07. The van der Waals surface area contributed by atoms with Crippen molar-refractivity contribution in [1.29, 1.82) is 5.26 Å². The summed E-state index contributed by atoms with van der Waals surface area (Å²) in [6, 6.07) is 12.3. The van der Waals surface area contributed by atoms with E-state index in [4.69, 9.17) is 9.47 Å². The Balaban J connectivity index is 1.27. The summed E-state index contributed by atoms with van der Waals surface area (Å²) < 4.78 is 25.9. The zero-order valence-electron chi connectivity index (χ0n) is 22.0. The molecule has 0 aromatic heterocycles. The second-order valence-electron chi connectivity index (χ2n) is 11.9. The van der Waals surface area contributed by atoms with Gasteiger partial charge in [-0.3, -0.25) is 14.4 Å². The zero-order valence-corrected chi connectivity index (χ0v) is 22.0. The van der Waals surface area contributed by atoms with E-state index in [1.807, 2.05) is 26.8 Å². The molecule has 198 valence electrons. The highest BCUT2D eigenvalue weighted by molar-refractivity contribution is 5.88. The van der Waals surface area contributed by atoms with Crippen molar-refractivity contribution in [3.63, 3.8) is 0 Å². The first-order valence-electron chi connectivity index (χ1n) is 13.3. The number of hydrogen-bond acceptors (Lipinski definition) is 6. The number of ketones is 1. The lowest BCUT2D eigenvalue weighted by Crippen LogP contribution is -2.39. The Morgan fingerprint density at radius 1 is 1.11 bits per heavy atom. The topological polar surface area (TPSA) is 93.5 Å². The normalized spacial score (nSPS) is 24.4. The number of esters is 2. The Morgan fingerprint density at radius 2 is 1.79 bits per heavy atom. The van der Waals surface area contributed by atoms with Gasteiger partial charge in [0.2, 0.25) is 0 Å². The summed E-state index contributed by atoms with van der Waals surface area (Å²) in [5.41, 5.74) is 1.93. The molecule has 1 aliphatic heterocycles. The number of nitrogens with zero attached hydrogens (tertiary/aromatic N) is 1. The summed E-state index contributed by atoms with van der Waals surface area (Å²) in [7, 11) is 0. The molecule has 6 nitrogen and oxygen atoms in total. The minimum atomic E-state index is -0.690. The van der Waals surface area contributed by atoms with Crippen molar-refractivity contribution in [2.75, 3.05) is 0 Å². The molecule has 2 aromatic rings. The number of Topliss-reactive ketones (excluding diaryl/α,β-unsaturated/α-hetero) is 1. The van der Waals surface area contributed by atoms with E-state index in [1.165, 1.54) is 6.07 Å². The largest absolute Gasteiger partial charge is 0.460 e. The second-order valence-corrected chi connectivity index (χ2v) is 11.9. The number of benzene rings is 2. The number of ether oxygens (including phenoxy) is 2. The number of carbonyl (C=O) groups excluding carboxylic acids is 3. The van der Waals surface area contributed by atoms with Gasteiger partial charge in [-0.2, -0.15) is 5.26 Å². The maximum absolute atomic E-state index is 15.1. The molecule has 7 heteroatoms. The average Bonchev–Trinajstić information content (AvgIpc) is 3.56. The summed E-state index contributed by atoms with van der Waals surface area (Å²) in [6.07, 6.45) is 2.97. The fourth-order valence-corrected chi connectivity index (χ4v) is 6.47. The number of hydrogen-bond donors (Lipinski definition) is 0. The number of halogens is 1. The molecule has 0 saturated heterocycles. The van der Waals surface area contributed by atoms with E-state index in [0.29, 0.717) is 16.9 Å². The highest BCUT2D eigenvalue weighted by Crippen LogP contribution is 2.53. The maximum atomic E-state index is 15.1. The standard InChI is InChI=1S/C31H32FNO5/c1-31(2,3)38-30(36)29-22-7-6-21(13-22)28(29)25(34)11-17(16-33)10-20-5-4-19(14-24(20)32)18-8-9-26-23(12-18)15-27(35)37-26/h4-5,8-9,12,14,17,21-22,28-29H,6-7,10-11,13,15H2,1-3H3/t17-,21+,22-,28+,29?/m1/s1. The highest BCUT2D eigenvalue weighted by Gasteiger charge is 2.54. The minimum absolute atomic E-state index is 0.0102. The number of nitriles is 1. The Labute approximate surface area is 222 Å². The first-order chi connectivity index (χ1) is 18.0. The molecule has 2 fully saturated rings. The van der Waals surface area contributed by atoms with Crippen LogP contribution in [0.1, 0.15) is 57.6 Å². The molecule has 2 saturated carbocycles. The van der Waals surface area contributed by atoms with Crippen LogP contribution in [0.15, 0.2) is 36.4 Å². The van der Waals surface area contributed by atoms with Crippen LogP contribution in [0.4, 0.5) is 4.39 Å². The predicted octanol–water partition coefficient (Wildman–Crippen LogP) is 5.60. The van der Waals surface area contributed by atoms with Crippen LogP contribution in [0.2, 0.25) is 0 Å². The van der Waals surface area contributed by atoms with Crippen LogP contribution in [0.3, 0.4) is 0 Å². The van der Waals surface area contributed by atoms with Crippen molar-refractivity contribution in [2.45, 2.75) is 64.9 Å². The van der Waals surface area contributed by atoms with Crippen LogP contribution in [-0.4, -0.2) is 23.3 Å². The zero-order chi connectivity index (χ0) is 27.2. The molecule has 1 unspecified atom stereocenters. The van der Waals surface area contributed by atoms with Gasteiger partial charge >= 0.3 is 11.9 Å². The lowest BCUT2D eigenvalue weighted by Gasteiger charge is -2.31. The average molecular weight is 518 g/mol. The van der Waals surface area contributed by atoms with E-state index in [-0.39, 0.29) is 48.8 Å². The van der Waals surface area contributed by atoms with Gasteiger partial charge in [-0.15, -0.1) is 0 Å². The third-order valence-corrected chi connectivity index (χ3v) is 8.07. The molecule has 2 aliphatic carbocycles. The molecule has 38 heavy (non-hydrogen) atoms. The molecule has 0 N–H and O–H groups in total. The van der Waals surface area contributed by atoms with Crippen LogP contribution >= 0.6 is 0 Å². The summed E-state index contributed by atoms with van der Waals surface area (Å²) in [6.45, 7) is 5.46. The summed E-state index contributed by atoms with van der Waals surface area (Å²) in [5, 5.41) is 9.82. The molecule has 5 rings (SSSR count). The van der Waals surface area contributed by atoms with Gasteiger partial charge in [0, 0.05) is 17.9 Å². The number of fused-ring (bicyclic) bond motifs is 3. The lowest BCUT2D eigenvalue weighted by molar-refractivity contribution is -0.165. The minimum Gasteiger partial charge on any atom is -0.460 e. The molecule has 0 spiro atoms. The third kappa shape index (κ3) is 5.22. The molecule has 0 radical (unpaired) electrons. The molecule has 1 heterocycles. The van der Waals surface area contributed by atoms with Crippen LogP contribution in [-0.2, 0) is 32.0 Å². The van der Waals surface area contributed by atoms with Gasteiger partial charge in [0.1, 0.15) is 23.0 Å². The van der Waals surface area contributed by atoms with Crippen molar-refractivity contribution in [1.82, 2.24) is 0 Å². The van der Waals surface area contributed by atoms with Gasteiger partial charge in [0.05, 0.1) is 24.3 Å². The van der Waals surface area contributed by atoms with Crippen molar-refractivity contribution in [3.05, 3.63) is 53.3 Å². The van der Waals surface area contributed by atoms with E-state index < -0.39 is 29.2 Å². The Morgan fingerprint density at radius 3 is 2.47 bits per heavy atom. The van der Waals surface area contributed by atoms with E-state index in [0.717, 1.165) is 30.4 Å². The van der Waals surface area contributed by atoms with Crippen LogP contribution in [0.25, 0.3) is 11.1 Å². The van der Waals surface area contributed by atoms with Crippen molar-refractivity contribution >= 4 is 17.7 Å². The van der Waals surface area contributed by atoms with Gasteiger partial charge in [-0.05, 0) is 93.2 Å². The van der Waals surface area contributed by atoms with E-state index in [1.54, 1.807) is 24.3 Å². The monoisotopic (exact) mass is 517 g/mol. The van der Waals surface area contributed by atoms with Gasteiger partial charge in [0.15, 0.2) is 0 Å². The fraction of sp³-hybridized carbons (Fsp3) is 0.484. The number of rotatable bonds is 7. The van der Waals surface area contributed by atoms with Gasteiger partial charge in [-0.1, -0.05) is 18.2 Å². The van der Waals surface area contributed by atoms with Gasteiger partial charge < -0.3 is 9.47 Å². The maximum Gasteiger partial charge on any atom is 0.315 e. The Bertz CT molecular complexity index is 1340. The highest BCUT2D eigenvalue weighted by atomic mass is 19.1. The quantitative estimate of drug-likeness (QED) is 0.351. The van der Waals surface area contributed by atoms with Crippen LogP contribution in [0.5, 0.6) is 5.75 Å². The first-order valence-corrected chi connectivity index (χ1v) is 13.3. The number of carbonyl (C=O) groups is 3.